The molecular weight excluding hydrogens is 338 g/mol. The number of benzene rings is 1. The third-order valence-corrected chi connectivity index (χ3v) is 3.49. The van der Waals surface area contributed by atoms with Crippen molar-refractivity contribution in [3.63, 3.8) is 0 Å². The van der Waals surface area contributed by atoms with E-state index >= 15 is 0 Å². The molecule has 0 aliphatic carbocycles. The molecule has 0 saturated heterocycles. The molecule has 0 unspecified atom stereocenters. The highest BCUT2D eigenvalue weighted by Crippen LogP contribution is 2.24. The van der Waals surface area contributed by atoms with Crippen LogP contribution in [0.3, 0.4) is 0 Å². The van der Waals surface area contributed by atoms with E-state index in [1.807, 2.05) is 6.92 Å². The molecule has 1 heterocycles. The third-order valence-electron chi connectivity index (χ3n) is 2.63. The number of rotatable bonds is 1. The fourth-order valence-corrected chi connectivity index (χ4v) is 2.90. The van der Waals surface area contributed by atoms with E-state index in [1.54, 1.807) is 19.1 Å². The van der Waals surface area contributed by atoms with Crippen molar-refractivity contribution >= 4 is 27.5 Å². The molecule has 4 nitrogen and oxygen atoms in total. The fraction of sp³-hybridized carbons (Fsp3) is 0.167. The van der Waals surface area contributed by atoms with E-state index in [9.17, 15) is 14.0 Å². The van der Waals surface area contributed by atoms with Crippen molar-refractivity contribution < 1.29 is 4.39 Å². The van der Waals surface area contributed by atoms with Crippen molar-refractivity contribution in [1.82, 2.24) is 9.55 Å². The molecule has 0 aliphatic rings. The third kappa shape index (κ3) is 2.37. The van der Waals surface area contributed by atoms with Crippen LogP contribution in [0.25, 0.3) is 5.69 Å². The SMILES string of the molecule is Cc1cc(C)c(-n2c(=O)[nH]c(Cl)c(F)c2=O)c(Br)c1. The van der Waals surface area contributed by atoms with Gasteiger partial charge in [-0.3, -0.25) is 9.78 Å². The number of nitrogens with one attached hydrogen (secondary N) is 1. The van der Waals surface area contributed by atoms with Crippen LogP contribution in [0.4, 0.5) is 4.39 Å². The van der Waals surface area contributed by atoms with E-state index in [1.165, 1.54) is 0 Å². The second-order valence-corrected chi connectivity index (χ2v) is 5.34. The average molecular weight is 348 g/mol. The average Bonchev–Trinajstić information content (AvgIpc) is 2.29. The topological polar surface area (TPSA) is 54.9 Å². The van der Waals surface area contributed by atoms with Crippen LogP contribution < -0.4 is 11.2 Å². The molecule has 2 rings (SSSR count). The number of aryl methyl sites for hydroxylation is 2. The van der Waals surface area contributed by atoms with Gasteiger partial charge in [0.25, 0.3) is 5.56 Å². The zero-order valence-electron chi connectivity index (χ0n) is 10.1. The Morgan fingerprint density at radius 1 is 1.32 bits per heavy atom. The lowest BCUT2D eigenvalue weighted by molar-refractivity contribution is 0.584. The molecule has 0 spiro atoms. The highest BCUT2D eigenvalue weighted by molar-refractivity contribution is 9.10. The molecule has 0 fully saturated rings. The van der Waals surface area contributed by atoms with Gasteiger partial charge in [-0.25, -0.2) is 9.36 Å². The van der Waals surface area contributed by atoms with Crippen LogP contribution in [0.15, 0.2) is 26.2 Å². The molecular formula is C12H9BrClFN2O2. The number of halogens is 3. The minimum atomic E-state index is -1.19. The lowest BCUT2D eigenvalue weighted by Crippen LogP contribution is -2.36. The van der Waals surface area contributed by atoms with Crippen LogP contribution in [0.1, 0.15) is 11.1 Å². The molecule has 1 N–H and O–H groups in total. The molecule has 0 radical (unpaired) electrons. The lowest BCUT2D eigenvalue weighted by Gasteiger charge is -2.11. The predicted molar refractivity (Wildman–Crippen MR) is 74.8 cm³/mol. The molecule has 100 valence electrons. The molecule has 0 aliphatic heterocycles. The van der Waals surface area contributed by atoms with Gasteiger partial charge in [0.2, 0.25) is 5.82 Å². The van der Waals surface area contributed by atoms with Crippen molar-refractivity contribution in [1.29, 1.82) is 0 Å². The smallest absolute Gasteiger partial charge is 0.295 e. The number of hydrogen-bond acceptors (Lipinski definition) is 2. The molecule has 0 saturated carbocycles. The van der Waals surface area contributed by atoms with Gasteiger partial charge in [0.1, 0.15) is 0 Å². The monoisotopic (exact) mass is 346 g/mol. The van der Waals surface area contributed by atoms with Crippen LogP contribution in [0.5, 0.6) is 0 Å². The maximum atomic E-state index is 13.5. The Labute approximate surface area is 121 Å². The van der Waals surface area contributed by atoms with Gasteiger partial charge in [-0.05, 0) is 47.0 Å². The summed E-state index contributed by atoms with van der Waals surface area (Å²) in [7, 11) is 0. The summed E-state index contributed by atoms with van der Waals surface area (Å²) in [6, 6.07) is 3.53. The van der Waals surface area contributed by atoms with Crippen molar-refractivity contribution in [2.75, 3.05) is 0 Å². The van der Waals surface area contributed by atoms with Crippen molar-refractivity contribution in [2.24, 2.45) is 0 Å². The number of aromatic nitrogens is 2. The number of H-pyrrole nitrogens is 1. The van der Waals surface area contributed by atoms with Crippen molar-refractivity contribution in [2.45, 2.75) is 13.8 Å². The maximum absolute atomic E-state index is 13.5. The molecule has 1 aromatic carbocycles. The molecule has 7 heteroatoms. The minimum absolute atomic E-state index is 0.299. The zero-order chi connectivity index (χ0) is 14.3. The van der Waals surface area contributed by atoms with Crippen LogP contribution in [-0.4, -0.2) is 9.55 Å². The second kappa shape index (κ2) is 4.94. The van der Waals surface area contributed by atoms with Gasteiger partial charge in [-0.15, -0.1) is 0 Å². The normalized spacial score (nSPS) is 10.8. The Morgan fingerprint density at radius 2 is 1.95 bits per heavy atom. The van der Waals surface area contributed by atoms with Crippen LogP contribution in [0.2, 0.25) is 5.15 Å². The van der Waals surface area contributed by atoms with E-state index in [4.69, 9.17) is 11.6 Å². The highest BCUT2D eigenvalue weighted by Gasteiger charge is 2.17. The summed E-state index contributed by atoms with van der Waals surface area (Å²) in [5.74, 6) is -1.19. The Hall–Kier alpha value is -1.40. The van der Waals surface area contributed by atoms with E-state index in [-0.39, 0.29) is 0 Å². The van der Waals surface area contributed by atoms with E-state index in [0.717, 1.165) is 10.1 Å². The summed E-state index contributed by atoms with van der Waals surface area (Å²) >= 11 is 8.71. The van der Waals surface area contributed by atoms with Gasteiger partial charge < -0.3 is 0 Å². The summed E-state index contributed by atoms with van der Waals surface area (Å²) in [4.78, 5) is 25.8. The molecule has 0 bridgehead atoms. The standard InChI is InChI=1S/C12H9BrClFN2O2/c1-5-3-6(2)9(7(13)4-5)17-11(18)8(15)10(14)16-12(17)19/h3-4H,1-2H3,(H,16,19). The van der Waals surface area contributed by atoms with Crippen LogP contribution in [0, 0.1) is 19.7 Å². The van der Waals surface area contributed by atoms with Gasteiger partial charge >= 0.3 is 5.69 Å². The Bertz CT molecular complexity index is 759. The summed E-state index contributed by atoms with van der Waals surface area (Å²) in [5, 5.41) is -0.591. The number of hydrogen-bond donors (Lipinski definition) is 1. The first kappa shape index (κ1) is 14.0. The summed E-state index contributed by atoms with van der Waals surface area (Å²) < 4.78 is 14.8. The molecule has 19 heavy (non-hydrogen) atoms. The first-order valence-electron chi connectivity index (χ1n) is 5.30. The summed E-state index contributed by atoms with van der Waals surface area (Å²) in [6.45, 7) is 3.60. The van der Waals surface area contributed by atoms with E-state index < -0.39 is 22.2 Å². The fourth-order valence-electron chi connectivity index (χ4n) is 1.88. The Morgan fingerprint density at radius 3 is 2.53 bits per heavy atom. The van der Waals surface area contributed by atoms with Gasteiger partial charge in [-0.1, -0.05) is 17.7 Å². The number of nitrogens with zero attached hydrogens (tertiary/aromatic N) is 1. The molecule has 1 aromatic heterocycles. The van der Waals surface area contributed by atoms with Gasteiger partial charge in [0.15, 0.2) is 5.15 Å². The van der Waals surface area contributed by atoms with Crippen LogP contribution in [-0.2, 0) is 0 Å². The van der Waals surface area contributed by atoms with Gasteiger partial charge in [-0.2, -0.15) is 4.39 Å². The van der Waals surface area contributed by atoms with Crippen molar-refractivity contribution in [3.8, 4) is 5.69 Å². The predicted octanol–water partition coefficient (Wildman–Crippen LogP) is 2.70. The number of aromatic amines is 1. The summed E-state index contributed by atoms with van der Waals surface area (Å²) in [6.07, 6.45) is 0. The lowest BCUT2D eigenvalue weighted by atomic mass is 10.1. The maximum Gasteiger partial charge on any atom is 0.334 e. The highest BCUT2D eigenvalue weighted by atomic mass is 79.9. The zero-order valence-corrected chi connectivity index (χ0v) is 12.4. The second-order valence-electron chi connectivity index (χ2n) is 4.11. The Balaban J connectivity index is 2.93. The molecule has 2 aromatic rings. The molecule has 0 atom stereocenters. The van der Waals surface area contributed by atoms with Crippen molar-refractivity contribution in [3.05, 3.63) is 59.5 Å². The first-order chi connectivity index (χ1) is 8.82. The van der Waals surface area contributed by atoms with Gasteiger partial charge in [0.05, 0.1) is 5.69 Å². The minimum Gasteiger partial charge on any atom is -0.295 e. The van der Waals surface area contributed by atoms with E-state index in [2.05, 4.69) is 20.9 Å². The van der Waals surface area contributed by atoms with Gasteiger partial charge in [0, 0.05) is 4.47 Å². The Kier molecular flexibility index (Phi) is 3.64. The van der Waals surface area contributed by atoms with Crippen LogP contribution >= 0.6 is 27.5 Å². The quantitative estimate of drug-likeness (QED) is 0.807. The largest absolute Gasteiger partial charge is 0.334 e. The first-order valence-corrected chi connectivity index (χ1v) is 6.47. The molecule has 0 amide bonds. The van der Waals surface area contributed by atoms with E-state index in [0.29, 0.717) is 15.7 Å². The summed E-state index contributed by atoms with van der Waals surface area (Å²) in [5.41, 5.74) is 0.0473.